The van der Waals surface area contributed by atoms with Gasteiger partial charge in [0.05, 0.1) is 0 Å². The van der Waals surface area contributed by atoms with E-state index in [-0.39, 0.29) is 23.5 Å². The van der Waals surface area contributed by atoms with E-state index in [0.29, 0.717) is 18.5 Å². The summed E-state index contributed by atoms with van der Waals surface area (Å²) in [4.78, 5) is 41.7. The van der Waals surface area contributed by atoms with Crippen LogP contribution in [-0.4, -0.2) is 57.9 Å². The number of carbonyl (C=O) groups is 3. The number of hydrogen-bond acceptors (Lipinski definition) is 6. The van der Waals surface area contributed by atoms with Crippen molar-refractivity contribution in [3.8, 4) is 5.75 Å². The number of thiol groups is 1. The second kappa shape index (κ2) is 15.1. The lowest BCUT2D eigenvalue weighted by atomic mass is 9.94. The summed E-state index contributed by atoms with van der Waals surface area (Å²) in [6.07, 6.45) is 8.03. The molecule has 3 amide bonds. The summed E-state index contributed by atoms with van der Waals surface area (Å²) in [6, 6.07) is 4.59. The van der Waals surface area contributed by atoms with Gasteiger partial charge in [0.2, 0.25) is 11.8 Å². The van der Waals surface area contributed by atoms with E-state index < -0.39 is 29.7 Å². The zero-order valence-corrected chi connectivity index (χ0v) is 23.7. The van der Waals surface area contributed by atoms with Crippen molar-refractivity contribution in [3.05, 3.63) is 29.8 Å². The summed E-state index contributed by atoms with van der Waals surface area (Å²) in [6.45, 7) is 7.68. The summed E-state index contributed by atoms with van der Waals surface area (Å²) in [5.41, 5.74) is -0.203. The molecule has 1 saturated carbocycles. The first-order valence-corrected chi connectivity index (χ1v) is 14.2. The molecular weight excluding hydrogens is 490 g/mol. The van der Waals surface area contributed by atoms with Gasteiger partial charge in [-0.3, -0.25) is 9.59 Å². The van der Waals surface area contributed by atoms with Crippen molar-refractivity contribution in [2.45, 2.75) is 109 Å². The van der Waals surface area contributed by atoms with Gasteiger partial charge < -0.3 is 25.4 Å². The number of amides is 3. The number of phenols is 1. The van der Waals surface area contributed by atoms with Crippen LogP contribution in [0.5, 0.6) is 5.75 Å². The lowest BCUT2D eigenvalue weighted by Crippen LogP contribution is -2.54. The maximum absolute atomic E-state index is 13.9. The number of unbranched alkanes of at least 4 members (excludes halogenated alkanes) is 3. The van der Waals surface area contributed by atoms with Crippen LogP contribution in [0, 0.1) is 0 Å². The minimum Gasteiger partial charge on any atom is -0.508 e. The molecule has 0 aromatic heterocycles. The fourth-order valence-electron chi connectivity index (χ4n) is 4.61. The van der Waals surface area contributed by atoms with Gasteiger partial charge in [-0.15, -0.1) is 0 Å². The molecule has 37 heavy (non-hydrogen) atoms. The molecule has 0 aliphatic heterocycles. The molecule has 1 aliphatic rings. The highest BCUT2D eigenvalue weighted by atomic mass is 32.1. The highest BCUT2D eigenvalue weighted by Gasteiger charge is 2.36. The first-order chi connectivity index (χ1) is 17.6. The molecule has 8 nitrogen and oxygen atoms in total. The maximum Gasteiger partial charge on any atom is 0.408 e. The lowest BCUT2D eigenvalue weighted by Gasteiger charge is -2.35. The van der Waals surface area contributed by atoms with Crippen molar-refractivity contribution < 1.29 is 24.2 Å². The minimum atomic E-state index is -0.980. The number of hydrogen-bond donors (Lipinski definition) is 4. The Morgan fingerprint density at radius 3 is 2.43 bits per heavy atom. The van der Waals surface area contributed by atoms with Gasteiger partial charge >= 0.3 is 6.09 Å². The van der Waals surface area contributed by atoms with Crippen LogP contribution in [0.4, 0.5) is 4.79 Å². The van der Waals surface area contributed by atoms with Gasteiger partial charge in [0.1, 0.15) is 23.4 Å². The van der Waals surface area contributed by atoms with Crippen LogP contribution in [0.2, 0.25) is 0 Å². The first kappa shape index (κ1) is 30.8. The van der Waals surface area contributed by atoms with Crippen LogP contribution in [0.1, 0.15) is 97.1 Å². The Kier molecular flexibility index (Phi) is 12.6. The summed E-state index contributed by atoms with van der Waals surface area (Å²) >= 11 is 4.33. The molecule has 9 heteroatoms. The highest BCUT2D eigenvalue weighted by Crippen LogP contribution is 2.27. The number of alkyl carbamates (subject to hydrolysis) is 1. The first-order valence-electron chi connectivity index (χ1n) is 13.6. The Balaban J connectivity index is 2.39. The zero-order valence-electron chi connectivity index (χ0n) is 22.8. The number of phenolic OH excluding ortho intramolecular Hbond substituents is 1. The van der Waals surface area contributed by atoms with Crippen LogP contribution >= 0.6 is 12.6 Å². The zero-order chi connectivity index (χ0) is 27.4. The summed E-state index contributed by atoms with van der Waals surface area (Å²) in [5.74, 6) is -0.634. The Morgan fingerprint density at radius 2 is 1.84 bits per heavy atom. The number of nitrogens with zero attached hydrogens (tertiary/aromatic N) is 1. The highest BCUT2D eigenvalue weighted by molar-refractivity contribution is 7.80. The van der Waals surface area contributed by atoms with Gasteiger partial charge in [0.25, 0.3) is 0 Å². The quantitative estimate of drug-likeness (QED) is 0.220. The third kappa shape index (κ3) is 10.5. The van der Waals surface area contributed by atoms with Crippen LogP contribution in [0.15, 0.2) is 24.3 Å². The van der Waals surface area contributed by atoms with Crippen molar-refractivity contribution in [2.75, 3.05) is 12.3 Å². The molecule has 0 spiro atoms. The molecule has 0 radical (unpaired) electrons. The number of carbonyl (C=O) groups excluding carboxylic acids is 3. The van der Waals surface area contributed by atoms with E-state index >= 15 is 0 Å². The smallest absolute Gasteiger partial charge is 0.408 e. The average molecular weight is 536 g/mol. The summed E-state index contributed by atoms with van der Waals surface area (Å²) < 4.78 is 5.35. The fourth-order valence-corrected chi connectivity index (χ4v) is 4.85. The van der Waals surface area contributed by atoms with Crippen LogP contribution in [0.3, 0.4) is 0 Å². The Hall–Kier alpha value is -2.42. The summed E-state index contributed by atoms with van der Waals surface area (Å²) in [7, 11) is 0. The fraction of sp³-hybridized carbons (Fsp3) is 0.679. The van der Waals surface area contributed by atoms with Crippen molar-refractivity contribution >= 4 is 30.5 Å². The van der Waals surface area contributed by atoms with E-state index in [4.69, 9.17) is 4.74 Å². The number of nitrogens with one attached hydrogen (secondary N) is 2. The molecular formula is C28H45N3O5S. The molecule has 0 heterocycles. The van der Waals surface area contributed by atoms with Crippen LogP contribution < -0.4 is 10.6 Å². The number of rotatable bonds is 12. The molecule has 1 fully saturated rings. The molecule has 2 rings (SSSR count). The van der Waals surface area contributed by atoms with E-state index in [1.807, 2.05) is 0 Å². The Morgan fingerprint density at radius 1 is 1.14 bits per heavy atom. The molecule has 0 saturated heterocycles. The van der Waals surface area contributed by atoms with Gasteiger partial charge in [0.15, 0.2) is 0 Å². The van der Waals surface area contributed by atoms with E-state index in [0.717, 1.165) is 51.4 Å². The summed E-state index contributed by atoms with van der Waals surface area (Å²) in [5, 5.41) is 16.0. The van der Waals surface area contributed by atoms with E-state index in [1.54, 1.807) is 32.9 Å². The maximum atomic E-state index is 13.9. The van der Waals surface area contributed by atoms with Crippen molar-refractivity contribution in [2.24, 2.45) is 0 Å². The minimum absolute atomic E-state index is 0.0176. The predicted octanol–water partition coefficient (Wildman–Crippen LogP) is 5.11. The third-order valence-electron chi connectivity index (χ3n) is 6.40. The topological polar surface area (TPSA) is 108 Å². The molecule has 208 valence electrons. The van der Waals surface area contributed by atoms with Crippen molar-refractivity contribution in [3.63, 3.8) is 0 Å². The second-order valence-corrected chi connectivity index (χ2v) is 11.2. The second-order valence-electron chi connectivity index (χ2n) is 10.8. The van der Waals surface area contributed by atoms with E-state index in [1.165, 1.54) is 17.0 Å². The molecule has 1 aromatic carbocycles. The van der Waals surface area contributed by atoms with Crippen LogP contribution in [-0.2, 0) is 14.3 Å². The van der Waals surface area contributed by atoms with Gasteiger partial charge in [0, 0.05) is 18.3 Å². The van der Waals surface area contributed by atoms with Gasteiger partial charge in [-0.2, -0.15) is 12.6 Å². The molecule has 2 unspecified atom stereocenters. The van der Waals surface area contributed by atoms with Gasteiger partial charge in [-0.25, -0.2) is 4.79 Å². The molecule has 1 aromatic rings. The standard InChI is InChI=1S/C28H45N3O5S/c1-5-6-7-11-17-31(26(34)23(19-37)30-27(35)36-28(2,3)4)24(20-13-12-16-22(32)18-20)25(33)29-21-14-9-8-10-15-21/h12-13,16,18,21,23-24,32,37H,5-11,14-15,17,19H2,1-4H3,(H,29,33)(H,30,35). The molecule has 1 aliphatic carbocycles. The lowest BCUT2D eigenvalue weighted by molar-refractivity contribution is -0.142. The largest absolute Gasteiger partial charge is 0.508 e. The van der Waals surface area contributed by atoms with E-state index in [9.17, 15) is 19.5 Å². The van der Waals surface area contributed by atoms with Crippen molar-refractivity contribution in [1.82, 2.24) is 15.5 Å². The SMILES string of the molecule is CCCCCCN(C(=O)C(CS)NC(=O)OC(C)(C)C)C(C(=O)NC1CCCCC1)c1cccc(O)c1. The third-order valence-corrected chi connectivity index (χ3v) is 6.77. The average Bonchev–Trinajstić information content (AvgIpc) is 2.83. The molecule has 2 atom stereocenters. The number of benzene rings is 1. The van der Waals surface area contributed by atoms with Crippen LogP contribution in [0.25, 0.3) is 0 Å². The Labute approximate surface area is 227 Å². The predicted molar refractivity (Wildman–Crippen MR) is 149 cm³/mol. The number of ether oxygens (including phenoxy) is 1. The van der Waals surface area contributed by atoms with E-state index in [2.05, 4.69) is 30.2 Å². The van der Waals surface area contributed by atoms with Crippen molar-refractivity contribution in [1.29, 1.82) is 0 Å². The Bertz CT molecular complexity index is 883. The van der Waals surface area contributed by atoms with Gasteiger partial charge in [-0.1, -0.05) is 57.6 Å². The molecule has 0 bridgehead atoms. The number of aromatic hydroxyl groups is 1. The molecule has 3 N–H and O–H groups in total. The normalized spacial score (nSPS) is 15.9. The monoisotopic (exact) mass is 535 g/mol. The van der Waals surface area contributed by atoms with Gasteiger partial charge in [-0.05, 0) is 57.7 Å².